The number of nitro groups is 2. The molecule has 0 spiro atoms. The van der Waals surface area contributed by atoms with E-state index in [0.717, 1.165) is 14.1 Å². The molecule has 3 rings (SSSR count). The van der Waals surface area contributed by atoms with Crippen molar-refractivity contribution in [2.45, 2.75) is 27.7 Å². The van der Waals surface area contributed by atoms with E-state index in [0.29, 0.717) is 0 Å². The summed E-state index contributed by atoms with van der Waals surface area (Å²) in [7, 11) is 1.78. The van der Waals surface area contributed by atoms with Crippen LogP contribution in [0, 0.1) is 20.2 Å². The minimum Gasteiger partial charge on any atom is -0.265 e. The van der Waals surface area contributed by atoms with Gasteiger partial charge in [-0.05, 0) is 10.8 Å². The lowest BCUT2D eigenvalue weighted by molar-refractivity contribution is -0.445. The van der Waals surface area contributed by atoms with Crippen molar-refractivity contribution >= 4 is 10.8 Å². The van der Waals surface area contributed by atoms with E-state index in [4.69, 9.17) is 20.2 Å². The van der Waals surface area contributed by atoms with Crippen LogP contribution in [0.5, 0.6) is 0 Å². The molecule has 3 aromatic carbocycles. The monoisotopic (exact) mass is 388 g/mol. The van der Waals surface area contributed by atoms with E-state index < -0.39 is 9.85 Å². The van der Waals surface area contributed by atoms with E-state index in [9.17, 15) is 0 Å². The third-order valence-corrected chi connectivity index (χ3v) is 2.33. The van der Waals surface area contributed by atoms with Crippen LogP contribution in [0.25, 0.3) is 10.8 Å². The van der Waals surface area contributed by atoms with Crippen molar-refractivity contribution in [1.82, 2.24) is 0 Å². The van der Waals surface area contributed by atoms with Crippen molar-refractivity contribution in [3.63, 3.8) is 0 Å². The second kappa shape index (κ2) is 23.7. The average Bonchev–Trinajstić information content (AvgIpc) is 2.72. The van der Waals surface area contributed by atoms with Crippen LogP contribution in [-0.2, 0) is 0 Å². The summed E-state index contributed by atoms with van der Waals surface area (Å²) in [6, 6.07) is 28.7. The van der Waals surface area contributed by atoms with Gasteiger partial charge in [-0.25, -0.2) is 0 Å². The van der Waals surface area contributed by atoms with Crippen LogP contribution < -0.4 is 0 Å². The Bertz CT molecular complexity index is 608. The van der Waals surface area contributed by atoms with Crippen molar-refractivity contribution < 1.29 is 9.85 Å². The summed E-state index contributed by atoms with van der Waals surface area (Å²) < 4.78 is 0. The lowest BCUT2D eigenvalue weighted by atomic mass is 10.1. The van der Waals surface area contributed by atoms with Gasteiger partial charge in [0.1, 0.15) is 0 Å². The molecule has 0 fully saturated rings. The Morgan fingerprint density at radius 2 is 0.643 bits per heavy atom. The molecule has 0 bridgehead atoms. The van der Waals surface area contributed by atoms with Gasteiger partial charge in [-0.1, -0.05) is 113 Å². The molecule has 0 aliphatic rings. The number of nitrogens with zero attached hydrogens (tertiary/aromatic N) is 2. The Kier molecular flexibility index (Phi) is 25.0. The molecule has 6 heteroatoms. The molecule has 6 nitrogen and oxygen atoms in total. The molecular formula is C22H32N2O4. The Labute approximate surface area is 168 Å². The smallest absolute Gasteiger partial charge is 0.194 e. The molecule has 0 aliphatic heterocycles. The molecule has 0 atom stereocenters. The second-order valence-electron chi connectivity index (χ2n) is 4.38. The van der Waals surface area contributed by atoms with Gasteiger partial charge in [0.2, 0.25) is 0 Å². The number of benzene rings is 3. The lowest BCUT2D eigenvalue weighted by Gasteiger charge is -1.92. The van der Waals surface area contributed by atoms with Crippen molar-refractivity contribution in [3.05, 3.63) is 105 Å². The Balaban J connectivity index is -0.000000303. The predicted octanol–water partition coefficient (Wildman–Crippen LogP) is 6.36. The highest BCUT2D eigenvalue weighted by Crippen LogP contribution is 2.11. The van der Waals surface area contributed by atoms with Crippen LogP contribution in [0.3, 0.4) is 0 Å². The van der Waals surface area contributed by atoms with Crippen LogP contribution in [0.4, 0.5) is 0 Å². The molecule has 0 N–H and O–H groups in total. The second-order valence-corrected chi connectivity index (χ2v) is 4.38. The van der Waals surface area contributed by atoms with E-state index in [1.807, 2.05) is 64.1 Å². The topological polar surface area (TPSA) is 86.3 Å². The summed E-state index contributed by atoms with van der Waals surface area (Å²) in [5.74, 6) is 0. The SMILES string of the molecule is CC.CC.C[N+](=O)[O-].C[N+](=O)[O-].c1ccc2ccccc2c1.c1ccccc1. The quantitative estimate of drug-likeness (QED) is 0.331. The minimum absolute atomic E-state index is 0.500. The average molecular weight is 389 g/mol. The van der Waals surface area contributed by atoms with Gasteiger partial charge in [-0.2, -0.15) is 0 Å². The summed E-state index contributed by atoms with van der Waals surface area (Å²) in [6.45, 7) is 8.00. The first kappa shape index (κ1) is 29.5. The molecule has 28 heavy (non-hydrogen) atoms. The molecule has 0 amide bonds. The Morgan fingerprint density at radius 3 is 0.786 bits per heavy atom. The standard InChI is InChI=1S/C10H8.C6H6.2C2H6.2CH3NO2/c1-2-6-10-8-4-3-7-9(10)5-1;1-2-4-6-5-3-1;2*1-2;2*1-2(3)4/h1-8H;1-6H;2*1-2H3;2*1H3. The zero-order valence-corrected chi connectivity index (χ0v) is 17.6. The number of rotatable bonds is 0. The summed E-state index contributed by atoms with van der Waals surface area (Å²) in [6.07, 6.45) is 0. The van der Waals surface area contributed by atoms with Gasteiger partial charge in [0, 0.05) is 9.85 Å². The first-order valence-electron chi connectivity index (χ1n) is 9.03. The summed E-state index contributed by atoms with van der Waals surface area (Å²) in [5.41, 5.74) is 0. The van der Waals surface area contributed by atoms with Gasteiger partial charge in [0.15, 0.2) is 14.1 Å². The van der Waals surface area contributed by atoms with Gasteiger partial charge in [-0.3, -0.25) is 20.2 Å². The van der Waals surface area contributed by atoms with Gasteiger partial charge in [-0.15, -0.1) is 0 Å². The van der Waals surface area contributed by atoms with Crippen molar-refractivity contribution in [2.24, 2.45) is 0 Å². The van der Waals surface area contributed by atoms with E-state index in [1.165, 1.54) is 10.8 Å². The largest absolute Gasteiger partial charge is 0.265 e. The molecular weight excluding hydrogens is 356 g/mol. The molecule has 0 radical (unpaired) electrons. The fourth-order valence-corrected chi connectivity index (χ4v) is 1.52. The van der Waals surface area contributed by atoms with Crippen molar-refractivity contribution in [2.75, 3.05) is 14.1 Å². The number of hydrogen-bond acceptors (Lipinski definition) is 4. The van der Waals surface area contributed by atoms with Crippen LogP contribution >= 0.6 is 0 Å². The molecule has 0 saturated heterocycles. The molecule has 0 heterocycles. The normalized spacial score (nSPS) is 7.50. The molecule has 0 saturated carbocycles. The fourth-order valence-electron chi connectivity index (χ4n) is 1.52. The van der Waals surface area contributed by atoms with Crippen LogP contribution in [0.15, 0.2) is 84.9 Å². The maximum Gasteiger partial charge on any atom is 0.194 e. The third-order valence-electron chi connectivity index (χ3n) is 2.33. The highest BCUT2D eigenvalue weighted by Gasteiger charge is 1.85. The Morgan fingerprint density at radius 1 is 0.500 bits per heavy atom. The van der Waals surface area contributed by atoms with Gasteiger partial charge < -0.3 is 0 Å². The van der Waals surface area contributed by atoms with E-state index in [2.05, 4.69) is 48.5 Å². The third kappa shape index (κ3) is 25.0. The lowest BCUT2D eigenvalue weighted by Crippen LogP contribution is -1.79. The van der Waals surface area contributed by atoms with E-state index >= 15 is 0 Å². The highest BCUT2D eigenvalue weighted by molar-refractivity contribution is 5.81. The summed E-state index contributed by atoms with van der Waals surface area (Å²) in [5, 5.41) is 20.2. The minimum atomic E-state index is -0.500. The Hall–Kier alpha value is -3.28. The van der Waals surface area contributed by atoms with Crippen LogP contribution in [-0.4, -0.2) is 23.9 Å². The molecule has 0 unspecified atom stereocenters. The maximum atomic E-state index is 8.81. The van der Waals surface area contributed by atoms with Crippen LogP contribution in [0.2, 0.25) is 0 Å². The zero-order valence-electron chi connectivity index (χ0n) is 17.6. The first-order valence-corrected chi connectivity index (χ1v) is 9.03. The van der Waals surface area contributed by atoms with Gasteiger partial charge in [0.05, 0.1) is 0 Å². The van der Waals surface area contributed by atoms with Crippen molar-refractivity contribution in [3.8, 4) is 0 Å². The molecule has 3 aromatic rings. The van der Waals surface area contributed by atoms with E-state index in [-0.39, 0.29) is 0 Å². The first-order chi connectivity index (χ1) is 13.4. The number of hydrogen-bond donors (Lipinski definition) is 0. The molecule has 154 valence electrons. The number of fused-ring (bicyclic) bond motifs is 1. The van der Waals surface area contributed by atoms with Gasteiger partial charge >= 0.3 is 0 Å². The fraction of sp³-hybridized carbons (Fsp3) is 0.273. The van der Waals surface area contributed by atoms with E-state index in [1.54, 1.807) is 0 Å². The van der Waals surface area contributed by atoms with Crippen molar-refractivity contribution in [1.29, 1.82) is 0 Å². The maximum absolute atomic E-state index is 8.81. The molecule has 0 aromatic heterocycles. The predicted molar refractivity (Wildman–Crippen MR) is 119 cm³/mol. The van der Waals surface area contributed by atoms with Crippen LogP contribution in [0.1, 0.15) is 27.7 Å². The highest BCUT2D eigenvalue weighted by atomic mass is 16.6. The van der Waals surface area contributed by atoms with Gasteiger partial charge in [0.25, 0.3) is 0 Å². The zero-order chi connectivity index (χ0) is 22.2. The summed E-state index contributed by atoms with van der Waals surface area (Å²) in [4.78, 5) is 16.6. The molecule has 0 aliphatic carbocycles. The summed E-state index contributed by atoms with van der Waals surface area (Å²) >= 11 is 0.